The van der Waals surface area contributed by atoms with Crippen LogP contribution in [-0.4, -0.2) is 36.9 Å². The first-order chi connectivity index (χ1) is 12.7. The minimum Gasteiger partial charge on any atom is -0.483 e. The average molecular weight is 380 g/mol. The molecule has 0 spiro atoms. The normalized spacial score (nSPS) is 10.4. The lowest BCUT2D eigenvalue weighted by atomic mass is 10.1. The number of benzene rings is 2. The fourth-order valence-electron chi connectivity index (χ4n) is 2.39. The van der Waals surface area contributed by atoms with Crippen molar-refractivity contribution in [1.29, 1.82) is 0 Å². The Bertz CT molecular complexity index is 851. The van der Waals surface area contributed by atoms with Gasteiger partial charge in [0.05, 0.1) is 12.2 Å². The monoisotopic (exact) mass is 380 g/mol. The number of nitrogens with zero attached hydrogens (tertiary/aromatic N) is 1. The summed E-state index contributed by atoms with van der Waals surface area (Å²) in [5.41, 5.74) is 1.24. The van der Waals surface area contributed by atoms with Gasteiger partial charge in [0, 0.05) is 7.05 Å². The zero-order chi connectivity index (χ0) is 20.1. The Morgan fingerprint density at radius 2 is 1.67 bits per heavy atom. The van der Waals surface area contributed by atoms with Crippen LogP contribution < -0.4 is 10.1 Å². The molecule has 0 saturated heterocycles. The van der Waals surface area contributed by atoms with Crippen molar-refractivity contribution < 1.29 is 27.5 Å². The molecule has 5 nitrogen and oxygen atoms in total. The molecule has 2 aromatic rings. The molecule has 8 heteroatoms. The highest BCUT2D eigenvalue weighted by Gasteiger charge is 2.18. The van der Waals surface area contributed by atoms with Gasteiger partial charge in [-0.05, 0) is 37.1 Å². The number of carbonyl (C=O) groups excluding carboxylic acids is 2. The van der Waals surface area contributed by atoms with Crippen LogP contribution in [0.1, 0.15) is 11.1 Å². The lowest BCUT2D eigenvalue weighted by Gasteiger charge is -2.18. The molecule has 0 unspecified atom stereocenters. The third-order valence-electron chi connectivity index (χ3n) is 3.86. The summed E-state index contributed by atoms with van der Waals surface area (Å²) in [4.78, 5) is 25.1. The Kier molecular flexibility index (Phi) is 6.44. The standard InChI is InChI=1S/C19H19F3N2O3/c1-11-5-4-6-12(2)19(11)27-10-16(26)24(3)9-15(25)23-14-8-7-13(20)17(21)18(14)22/h4-8H,9-10H2,1-3H3,(H,23,25). The fraction of sp³-hybridized carbons (Fsp3) is 0.263. The van der Waals surface area contributed by atoms with Gasteiger partial charge in [0.25, 0.3) is 5.91 Å². The molecule has 0 saturated carbocycles. The number of likely N-dealkylation sites (N-methyl/N-ethyl adjacent to an activating group) is 1. The predicted octanol–water partition coefficient (Wildman–Crippen LogP) is 3.20. The number of halogens is 3. The quantitative estimate of drug-likeness (QED) is 0.783. The molecule has 0 radical (unpaired) electrons. The van der Waals surface area contributed by atoms with E-state index in [9.17, 15) is 22.8 Å². The molecule has 0 aromatic heterocycles. The molecule has 0 heterocycles. The van der Waals surface area contributed by atoms with E-state index in [4.69, 9.17) is 4.74 Å². The zero-order valence-corrected chi connectivity index (χ0v) is 15.1. The Morgan fingerprint density at radius 3 is 2.30 bits per heavy atom. The van der Waals surface area contributed by atoms with Crippen LogP contribution in [0.5, 0.6) is 5.75 Å². The highest BCUT2D eigenvalue weighted by molar-refractivity contribution is 5.94. The Labute approximate surface area is 154 Å². The van der Waals surface area contributed by atoms with Crippen molar-refractivity contribution in [2.24, 2.45) is 0 Å². The van der Waals surface area contributed by atoms with Crippen molar-refractivity contribution in [3.63, 3.8) is 0 Å². The molecule has 0 aliphatic heterocycles. The summed E-state index contributed by atoms with van der Waals surface area (Å²) in [6.07, 6.45) is 0. The van der Waals surface area contributed by atoms with Gasteiger partial charge in [-0.1, -0.05) is 18.2 Å². The van der Waals surface area contributed by atoms with Crippen LogP contribution in [0.25, 0.3) is 0 Å². The summed E-state index contributed by atoms with van der Waals surface area (Å²) in [7, 11) is 1.37. The van der Waals surface area contributed by atoms with Crippen LogP contribution in [0.15, 0.2) is 30.3 Å². The van der Waals surface area contributed by atoms with Crippen LogP contribution in [0, 0.1) is 31.3 Å². The number of amides is 2. The Morgan fingerprint density at radius 1 is 1.04 bits per heavy atom. The number of hydrogen-bond donors (Lipinski definition) is 1. The van der Waals surface area contributed by atoms with E-state index in [-0.39, 0.29) is 6.61 Å². The van der Waals surface area contributed by atoms with E-state index in [1.54, 1.807) is 0 Å². The lowest BCUT2D eigenvalue weighted by molar-refractivity contribution is -0.135. The number of para-hydroxylation sites is 1. The number of ether oxygens (including phenoxy) is 1. The van der Waals surface area contributed by atoms with Gasteiger partial charge < -0.3 is 15.0 Å². The summed E-state index contributed by atoms with van der Waals surface area (Å²) >= 11 is 0. The molecule has 2 aromatic carbocycles. The van der Waals surface area contributed by atoms with Gasteiger partial charge in [0.2, 0.25) is 5.91 Å². The van der Waals surface area contributed by atoms with Gasteiger partial charge in [0.1, 0.15) is 5.75 Å². The lowest BCUT2D eigenvalue weighted by Crippen LogP contribution is -2.37. The maximum absolute atomic E-state index is 13.6. The number of anilines is 1. The number of hydrogen-bond acceptors (Lipinski definition) is 3. The van der Waals surface area contributed by atoms with Crippen molar-refractivity contribution in [3.8, 4) is 5.75 Å². The highest BCUT2D eigenvalue weighted by atomic mass is 19.2. The summed E-state index contributed by atoms with van der Waals surface area (Å²) < 4.78 is 45.2. The predicted molar refractivity (Wildman–Crippen MR) is 94.0 cm³/mol. The van der Waals surface area contributed by atoms with Gasteiger partial charge in [-0.15, -0.1) is 0 Å². The Balaban J connectivity index is 1.92. The van der Waals surface area contributed by atoms with Crippen molar-refractivity contribution in [1.82, 2.24) is 4.90 Å². The molecular formula is C19H19F3N2O3. The second kappa shape index (κ2) is 8.57. The first-order valence-electron chi connectivity index (χ1n) is 8.07. The van der Waals surface area contributed by atoms with E-state index < -0.39 is 41.5 Å². The van der Waals surface area contributed by atoms with E-state index in [0.717, 1.165) is 22.1 Å². The third-order valence-corrected chi connectivity index (χ3v) is 3.86. The molecule has 27 heavy (non-hydrogen) atoms. The molecule has 0 aliphatic carbocycles. The van der Waals surface area contributed by atoms with E-state index in [1.165, 1.54) is 7.05 Å². The maximum atomic E-state index is 13.6. The molecule has 1 N–H and O–H groups in total. The van der Waals surface area contributed by atoms with Crippen LogP contribution in [-0.2, 0) is 9.59 Å². The number of aryl methyl sites for hydroxylation is 2. The summed E-state index contributed by atoms with van der Waals surface area (Å²) in [5.74, 6) is -5.19. The minimum absolute atomic E-state index is 0.283. The first kappa shape index (κ1) is 20.3. The number of carbonyl (C=O) groups is 2. The molecule has 0 aliphatic rings. The topological polar surface area (TPSA) is 58.6 Å². The van der Waals surface area contributed by atoms with E-state index >= 15 is 0 Å². The van der Waals surface area contributed by atoms with Crippen molar-refractivity contribution in [3.05, 3.63) is 58.9 Å². The minimum atomic E-state index is -1.68. The van der Waals surface area contributed by atoms with E-state index in [2.05, 4.69) is 5.32 Å². The molecule has 2 amide bonds. The van der Waals surface area contributed by atoms with E-state index in [1.807, 2.05) is 32.0 Å². The highest BCUT2D eigenvalue weighted by Crippen LogP contribution is 2.22. The van der Waals surface area contributed by atoms with Gasteiger partial charge in [-0.3, -0.25) is 9.59 Å². The van der Waals surface area contributed by atoms with Gasteiger partial charge >= 0.3 is 0 Å². The van der Waals surface area contributed by atoms with Gasteiger partial charge in [-0.25, -0.2) is 13.2 Å². The molecule has 144 valence electrons. The SMILES string of the molecule is Cc1cccc(C)c1OCC(=O)N(C)CC(=O)Nc1ccc(F)c(F)c1F. The van der Waals surface area contributed by atoms with Crippen molar-refractivity contribution in [2.75, 3.05) is 25.5 Å². The van der Waals surface area contributed by atoms with Crippen LogP contribution in [0.4, 0.5) is 18.9 Å². The van der Waals surface area contributed by atoms with Gasteiger partial charge in [-0.2, -0.15) is 0 Å². The number of nitrogens with one attached hydrogen (secondary N) is 1. The van der Waals surface area contributed by atoms with Gasteiger partial charge in [0.15, 0.2) is 24.1 Å². The zero-order valence-electron chi connectivity index (χ0n) is 15.1. The van der Waals surface area contributed by atoms with Crippen LogP contribution in [0.2, 0.25) is 0 Å². The van der Waals surface area contributed by atoms with Crippen LogP contribution in [0.3, 0.4) is 0 Å². The smallest absolute Gasteiger partial charge is 0.260 e. The second-order valence-electron chi connectivity index (χ2n) is 6.03. The summed E-state index contributed by atoms with van der Waals surface area (Å²) in [6.45, 7) is 3.00. The summed E-state index contributed by atoms with van der Waals surface area (Å²) in [6, 6.07) is 7.16. The average Bonchev–Trinajstić information content (AvgIpc) is 2.61. The Hall–Kier alpha value is -3.03. The molecule has 0 bridgehead atoms. The molecule has 0 atom stereocenters. The number of rotatable bonds is 6. The molecular weight excluding hydrogens is 361 g/mol. The molecule has 2 rings (SSSR count). The third kappa shape index (κ3) is 4.99. The first-order valence-corrected chi connectivity index (χ1v) is 8.07. The summed E-state index contributed by atoms with van der Waals surface area (Å²) in [5, 5.41) is 2.10. The fourth-order valence-corrected chi connectivity index (χ4v) is 2.39. The maximum Gasteiger partial charge on any atom is 0.260 e. The van der Waals surface area contributed by atoms with Crippen molar-refractivity contribution in [2.45, 2.75) is 13.8 Å². The molecule has 0 fully saturated rings. The van der Waals surface area contributed by atoms with Crippen molar-refractivity contribution >= 4 is 17.5 Å². The second-order valence-corrected chi connectivity index (χ2v) is 6.03. The largest absolute Gasteiger partial charge is 0.483 e. The van der Waals surface area contributed by atoms with E-state index in [0.29, 0.717) is 11.8 Å². The van der Waals surface area contributed by atoms with Crippen LogP contribution >= 0.6 is 0 Å².